The van der Waals surface area contributed by atoms with Crippen molar-refractivity contribution >= 4 is 52.8 Å². The van der Waals surface area contributed by atoms with Gasteiger partial charge in [-0.15, -0.1) is 23.7 Å². The van der Waals surface area contributed by atoms with E-state index in [0.717, 1.165) is 5.01 Å². The van der Waals surface area contributed by atoms with E-state index in [2.05, 4.69) is 10.3 Å². The molecule has 6 nitrogen and oxygen atoms in total. The standard InChI is InChI=1S/C16H17ClN4O2S.ClH/c17-10-3-1-2-4-13(10)21-8-6-11(16(21)23)20-15(22)12-9-24-14(19-12)5-7-18;/h1-4,9,11H,5-8,18H2,(H,20,22);1H. The molecule has 134 valence electrons. The first-order valence-electron chi connectivity index (χ1n) is 7.61. The highest BCUT2D eigenvalue weighted by atomic mass is 35.5. The van der Waals surface area contributed by atoms with Crippen molar-refractivity contribution in [1.29, 1.82) is 0 Å². The van der Waals surface area contributed by atoms with Gasteiger partial charge < -0.3 is 16.0 Å². The van der Waals surface area contributed by atoms with Crippen LogP contribution in [0.25, 0.3) is 0 Å². The first-order valence-corrected chi connectivity index (χ1v) is 8.87. The molecular formula is C16H18Cl2N4O2S. The molecule has 25 heavy (non-hydrogen) atoms. The number of anilines is 1. The Bertz CT molecular complexity index is 768. The number of hydrogen-bond acceptors (Lipinski definition) is 5. The van der Waals surface area contributed by atoms with Crippen LogP contribution in [0.4, 0.5) is 5.69 Å². The third kappa shape index (κ3) is 4.30. The third-order valence-corrected chi connectivity index (χ3v) is 5.02. The van der Waals surface area contributed by atoms with Gasteiger partial charge in [0.1, 0.15) is 11.7 Å². The maximum absolute atomic E-state index is 12.6. The van der Waals surface area contributed by atoms with Gasteiger partial charge in [-0.1, -0.05) is 23.7 Å². The Labute approximate surface area is 160 Å². The van der Waals surface area contributed by atoms with Gasteiger partial charge in [0.05, 0.1) is 15.7 Å². The molecule has 2 amide bonds. The predicted octanol–water partition coefficient (Wildman–Crippen LogP) is 2.25. The zero-order valence-electron chi connectivity index (χ0n) is 13.3. The van der Waals surface area contributed by atoms with Crippen molar-refractivity contribution in [1.82, 2.24) is 10.3 Å². The predicted molar refractivity (Wildman–Crippen MR) is 102 cm³/mol. The van der Waals surface area contributed by atoms with Crippen LogP contribution in [0.15, 0.2) is 29.6 Å². The molecule has 1 aliphatic heterocycles. The lowest BCUT2D eigenvalue weighted by atomic mass is 10.2. The number of nitrogens with two attached hydrogens (primary N) is 1. The number of para-hydroxylation sites is 1. The van der Waals surface area contributed by atoms with Crippen molar-refractivity contribution in [2.75, 3.05) is 18.0 Å². The van der Waals surface area contributed by atoms with Gasteiger partial charge in [-0.3, -0.25) is 9.59 Å². The third-order valence-electron chi connectivity index (χ3n) is 3.80. The number of carbonyl (C=O) groups is 2. The van der Waals surface area contributed by atoms with E-state index < -0.39 is 6.04 Å². The van der Waals surface area contributed by atoms with E-state index in [-0.39, 0.29) is 24.2 Å². The molecule has 0 radical (unpaired) electrons. The summed E-state index contributed by atoms with van der Waals surface area (Å²) in [6.45, 7) is 1.01. The maximum Gasteiger partial charge on any atom is 0.271 e. The van der Waals surface area contributed by atoms with E-state index in [1.807, 2.05) is 12.1 Å². The number of amides is 2. The zero-order chi connectivity index (χ0) is 17.1. The Morgan fingerprint density at radius 2 is 2.20 bits per heavy atom. The van der Waals surface area contributed by atoms with Gasteiger partial charge in [0.15, 0.2) is 0 Å². The highest BCUT2D eigenvalue weighted by Crippen LogP contribution is 2.29. The molecule has 2 heterocycles. The molecule has 2 aromatic rings. The normalized spacial score (nSPS) is 16.6. The van der Waals surface area contributed by atoms with E-state index in [0.29, 0.717) is 42.3 Å². The van der Waals surface area contributed by atoms with Gasteiger partial charge in [-0.05, 0) is 25.1 Å². The van der Waals surface area contributed by atoms with Crippen molar-refractivity contribution < 1.29 is 9.59 Å². The molecule has 3 N–H and O–H groups in total. The van der Waals surface area contributed by atoms with E-state index in [4.69, 9.17) is 17.3 Å². The number of nitrogens with one attached hydrogen (secondary N) is 1. The van der Waals surface area contributed by atoms with Gasteiger partial charge in [0, 0.05) is 18.3 Å². The van der Waals surface area contributed by atoms with E-state index in [1.165, 1.54) is 11.3 Å². The quantitative estimate of drug-likeness (QED) is 0.805. The average Bonchev–Trinajstić information content (AvgIpc) is 3.17. The Kier molecular flexibility index (Phi) is 6.78. The Hall–Kier alpha value is -1.67. The summed E-state index contributed by atoms with van der Waals surface area (Å²) in [6.07, 6.45) is 1.18. The number of rotatable bonds is 5. The molecule has 1 unspecified atom stereocenters. The molecule has 1 atom stereocenters. The van der Waals surface area contributed by atoms with Crippen LogP contribution in [0, 0.1) is 0 Å². The van der Waals surface area contributed by atoms with Gasteiger partial charge in [0.25, 0.3) is 5.91 Å². The maximum atomic E-state index is 12.6. The van der Waals surface area contributed by atoms with Crippen LogP contribution in [-0.2, 0) is 11.2 Å². The van der Waals surface area contributed by atoms with Gasteiger partial charge in [0.2, 0.25) is 5.91 Å². The second-order valence-electron chi connectivity index (χ2n) is 5.42. The Morgan fingerprint density at radius 3 is 2.92 bits per heavy atom. The minimum atomic E-state index is -0.562. The lowest BCUT2D eigenvalue weighted by Crippen LogP contribution is -2.41. The molecule has 9 heteroatoms. The number of carbonyl (C=O) groups excluding carboxylic acids is 2. The Balaban J connectivity index is 0.00000225. The fraction of sp³-hybridized carbons (Fsp3) is 0.312. The van der Waals surface area contributed by atoms with Gasteiger partial charge in [-0.2, -0.15) is 0 Å². The van der Waals surface area contributed by atoms with E-state index in [9.17, 15) is 9.59 Å². The van der Waals surface area contributed by atoms with E-state index in [1.54, 1.807) is 22.4 Å². The lowest BCUT2D eigenvalue weighted by molar-refractivity contribution is -0.118. The molecule has 1 aromatic heterocycles. The molecule has 0 bridgehead atoms. The minimum absolute atomic E-state index is 0. The molecule has 1 aromatic carbocycles. The molecule has 3 rings (SSSR count). The number of aromatic nitrogens is 1. The number of hydrogen-bond donors (Lipinski definition) is 2. The summed E-state index contributed by atoms with van der Waals surface area (Å²) in [5, 5.41) is 5.78. The summed E-state index contributed by atoms with van der Waals surface area (Å²) in [4.78, 5) is 30.7. The van der Waals surface area contributed by atoms with Crippen molar-refractivity contribution in [3.05, 3.63) is 45.4 Å². The van der Waals surface area contributed by atoms with Crippen LogP contribution >= 0.6 is 35.3 Å². The summed E-state index contributed by atoms with van der Waals surface area (Å²) in [5.74, 6) is -0.497. The van der Waals surface area contributed by atoms with Crippen molar-refractivity contribution in [2.24, 2.45) is 5.73 Å². The number of halogens is 2. The number of nitrogens with zero attached hydrogens (tertiary/aromatic N) is 2. The fourth-order valence-electron chi connectivity index (χ4n) is 2.61. The summed E-state index contributed by atoms with van der Waals surface area (Å²) in [7, 11) is 0. The zero-order valence-corrected chi connectivity index (χ0v) is 15.7. The van der Waals surface area contributed by atoms with Crippen LogP contribution in [0.5, 0.6) is 0 Å². The largest absolute Gasteiger partial charge is 0.339 e. The molecule has 1 saturated heterocycles. The summed E-state index contributed by atoms with van der Waals surface area (Å²) in [6, 6.07) is 6.61. The van der Waals surface area contributed by atoms with Crippen molar-refractivity contribution in [3.8, 4) is 0 Å². The molecular weight excluding hydrogens is 383 g/mol. The summed E-state index contributed by atoms with van der Waals surface area (Å²) < 4.78 is 0. The number of benzene rings is 1. The average molecular weight is 401 g/mol. The minimum Gasteiger partial charge on any atom is -0.339 e. The van der Waals surface area contributed by atoms with Gasteiger partial charge >= 0.3 is 0 Å². The molecule has 0 spiro atoms. The second kappa shape index (κ2) is 8.62. The molecule has 0 saturated carbocycles. The van der Waals surface area contributed by atoms with Crippen molar-refractivity contribution in [2.45, 2.75) is 18.9 Å². The molecule has 1 aliphatic rings. The molecule has 0 aliphatic carbocycles. The smallest absolute Gasteiger partial charge is 0.271 e. The van der Waals surface area contributed by atoms with E-state index >= 15 is 0 Å². The summed E-state index contributed by atoms with van der Waals surface area (Å²) in [5.41, 5.74) is 6.48. The van der Waals surface area contributed by atoms with Crippen LogP contribution in [-0.4, -0.2) is 35.9 Å². The SMILES string of the molecule is Cl.NCCc1nc(C(=O)NC2CCN(c3ccccc3Cl)C2=O)cs1. The van der Waals surface area contributed by atoms with Crippen molar-refractivity contribution in [3.63, 3.8) is 0 Å². The highest BCUT2D eigenvalue weighted by Gasteiger charge is 2.34. The molecule has 1 fully saturated rings. The second-order valence-corrected chi connectivity index (χ2v) is 6.77. The van der Waals surface area contributed by atoms with Crippen LogP contribution < -0.4 is 16.0 Å². The number of thiazole rings is 1. The summed E-state index contributed by atoms with van der Waals surface area (Å²) >= 11 is 7.55. The van der Waals surface area contributed by atoms with Crippen LogP contribution in [0.1, 0.15) is 21.9 Å². The van der Waals surface area contributed by atoms with Crippen LogP contribution in [0.2, 0.25) is 5.02 Å². The lowest BCUT2D eigenvalue weighted by Gasteiger charge is -2.18. The van der Waals surface area contributed by atoms with Gasteiger partial charge in [-0.25, -0.2) is 4.98 Å². The van der Waals surface area contributed by atoms with Crippen LogP contribution in [0.3, 0.4) is 0 Å². The monoisotopic (exact) mass is 400 g/mol. The first kappa shape index (κ1) is 19.7. The first-order chi connectivity index (χ1) is 11.6. The Morgan fingerprint density at radius 1 is 1.44 bits per heavy atom. The topological polar surface area (TPSA) is 88.3 Å². The highest BCUT2D eigenvalue weighted by molar-refractivity contribution is 7.09. The fourth-order valence-corrected chi connectivity index (χ4v) is 3.64.